The van der Waals surface area contributed by atoms with Gasteiger partial charge in [0.15, 0.2) is 0 Å². The fourth-order valence-corrected chi connectivity index (χ4v) is 3.95. The lowest BCUT2D eigenvalue weighted by atomic mass is 10.1. The van der Waals surface area contributed by atoms with Crippen molar-refractivity contribution >= 4 is 17.4 Å². The number of hydrogen-bond acceptors (Lipinski definition) is 4. The first-order chi connectivity index (χ1) is 13.6. The van der Waals surface area contributed by atoms with Crippen LogP contribution >= 0.6 is 11.3 Å². The first kappa shape index (κ1) is 19.9. The van der Waals surface area contributed by atoms with Crippen molar-refractivity contribution in [1.82, 2.24) is 15.6 Å². The number of aryl methyl sites for hydroxylation is 2. The van der Waals surface area contributed by atoms with E-state index in [0.29, 0.717) is 13.1 Å². The lowest BCUT2D eigenvalue weighted by Gasteiger charge is -2.07. The van der Waals surface area contributed by atoms with E-state index in [9.17, 15) is 4.79 Å². The van der Waals surface area contributed by atoms with E-state index in [1.54, 1.807) is 18.4 Å². The zero-order chi connectivity index (χ0) is 19.9. The van der Waals surface area contributed by atoms with Gasteiger partial charge in [-0.3, -0.25) is 0 Å². The SMILES string of the molecule is COc1ccc(CCNC(=O)NCc2sc(-c3ccccc3C)nc2C)cc1. The number of urea groups is 1. The van der Waals surface area contributed by atoms with Gasteiger partial charge in [-0.1, -0.05) is 36.4 Å². The average molecular weight is 396 g/mol. The van der Waals surface area contributed by atoms with E-state index in [-0.39, 0.29) is 6.03 Å². The highest BCUT2D eigenvalue weighted by Crippen LogP contribution is 2.29. The summed E-state index contributed by atoms with van der Waals surface area (Å²) in [4.78, 5) is 17.8. The number of methoxy groups -OCH3 is 1. The van der Waals surface area contributed by atoms with Crippen LogP contribution in [0.15, 0.2) is 48.5 Å². The van der Waals surface area contributed by atoms with Crippen molar-refractivity contribution in [3.05, 3.63) is 70.2 Å². The molecular weight excluding hydrogens is 370 g/mol. The number of carbonyl (C=O) groups excluding carboxylic acids is 1. The number of nitrogens with zero attached hydrogens (tertiary/aromatic N) is 1. The van der Waals surface area contributed by atoms with Crippen molar-refractivity contribution < 1.29 is 9.53 Å². The monoisotopic (exact) mass is 395 g/mol. The van der Waals surface area contributed by atoms with Gasteiger partial charge in [0.05, 0.1) is 19.3 Å². The van der Waals surface area contributed by atoms with E-state index in [0.717, 1.165) is 38.9 Å². The van der Waals surface area contributed by atoms with Gasteiger partial charge in [0.2, 0.25) is 0 Å². The van der Waals surface area contributed by atoms with Crippen molar-refractivity contribution in [3.8, 4) is 16.3 Å². The predicted octanol–water partition coefficient (Wildman–Crippen LogP) is 4.48. The smallest absolute Gasteiger partial charge is 0.315 e. The maximum Gasteiger partial charge on any atom is 0.315 e. The molecule has 2 N–H and O–H groups in total. The number of thiazole rings is 1. The van der Waals surface area contributed by atoms with E-state index in [4.69, 9.17) is 4.74 Å². The van der Waals surface area contributed by atoms with Gasteiger partial charge in [-0.25, -0.2) is 9.78 Å². The molecular formula is C22H25N3O2S. The topological polar surface area (TPSA) is 63.2 Å². The van der Waals surface area contributed by atoms with Gasteiger partial charge >= 0.3 is 6.03 Å². The molecule has 2 aromatic carbocycles. The molecule has 0 spiro atoms. The first-order valence-electron chi connectivity index (χ1n) is 9.23. The first-order valence-corrected chi connectivity index (χ1v) is 10.1. The van der Waals surface area contributed by atoms with Crippen LogP contribution in [-0.4, -0.2) is 24.7 Å². The molecule has 0 saturated heterocycles. The Morgan fingerprint density at radius 3 is 2.54 bits per heavy atom. The largest absolute Gasteiger partial charge is 0.497 e. The van der Waals surface area contributed by atoms with E-state index in [1.165, 1.54) is 5.56 Å². The normalized spacial score (nSPS) is 10.5. The molecule has 28 heavy (non-hydrogen) atoms. The van der Waals surface area contributed by atoms with Crippen LogP contribution in [0.1, 0.15) is 21.7 Å². The molecule has 0 atom stereocenters. The van der Waals surface area contributed by atoms with Gasteiger partial charge in [0.25, 0.3) is 0 Å². The van der Waals surface area contributed by atoms with Crippen LogP contribution in [0.4, 0.5) is 4.79 Å². The molecule has 1 aromatic heterocycles. The molecule has 0 bridgehead atoms. The molecule has 3 rings (SSSR count). The summed E-state index contributed by atoms with van der Waals surface area (Å²) in [5.74, 6) is 0.833. The van der Waals surface area contributed by atoms with Crippen LogP contribution < -0.4 is 15.4 Å². The Balaban J connectivity index is 1.48. The van der Waals surface area contributed by atoms with Gasteiger partial charge in [-0.2, -0.15) is 0 Å². The molecule has 146 valence electrons. The molecule has 0 aliphatic heterocycles. The fourth-order valence-electron chi connectivity index (χ4n) is 2.86. The zero-order valence-corrected chi connectivity index (χ0v) is 17.2. The Morgan fingerprint density at radius 2 is 1.82 bits per heavy atom. The maximum atomic E-state index is 12.1. The molecule has 1 heterocycles. The summed E-state index contributed by atoms with van der Waals surface area (Å²) in [5.41, 5.74) is 4.46. The minimum absolute atomic E-state index is 0.168. The van der Waals surface area contributed by atoms with Crippen molar-refractivity contribution in [2.45, 2.75) is 26.8 Å². The number of carbonyl (C=O) groups is 1. The summed E-state index contributed by atoms with van der Waals surface area (Å²) in [7, 11) is 1.65. The molecule has 0 unspecified atom stereocenters. The highest BCUT2D eigenvalue weighted by atomic mass is 32.1. The van der Waals surface area contributed by atoms with Crippen molar-refractivity contribution in [2.75, 3.05) is 13.7 Å². The van der Waals surface area contributed by atoms with Crippen LogP contribution in [0.2, 0.25) is 0 Å². The van der Waals surface area contributed by atoms with E-state index >= 15 is 0 Å². The molecule has 0 saturated carbocycles. The van der Waals surface area contributed by atoms with Crippen LogP contribution in [0.3, 0.4) is 0 Å². The lowest BCUT2D eigenvalue weighted by molar-refractivity contribution is 0.240. The Kier molecular flexibility index (Phi) is 6.66. The molecule has 0 aliphatic carbocycles. The molecule has 5 nitrogen and oxygen atoms in total. The molecule has 0 radical (unpaired) electrons. The molecule has 0 aliphatic rings. The molecule has 3 aromatic rings. The highest BCUT2D eigenvalue weighted by Gasteiger charge is 2.12. The quantitative estimate of drug-likeness (QED) is 0.620. The fraction of sp³-hybridized carbons (Fsp3) is 0.273. The van der Waals surface area contributed by atoms with E-state index < -0.39 is 0 Å². The van der Waals surface area contributed by atoms with Crippen LogP contribution in [-0.2, 0) is 13.0 Å². The van der Waals surface area contributed by atoms with Gasteiger partial charge in [-0.15, -0.1) is 11.3 Å². The Bertz CT molecular complexity index is 935. The second-order valence-corrected chi connectivity index (χ2v) is 7.63. The van der Waals surface area contributed by atoms with Gasteiger partial charge in [0, 0.05) is 17.0 Å². The molecule has 0 fully saturated rings. The van der Waals surface area contributed by atoms with Crippen molar-refractivity contribution in [2.24, 2.45) is 0 Å². The summed E-state index contributed by atoms with van der Waals surface area (Å²) >= 11 is 1.63. The summed E-state index contributed by atoms with van der Waals surface area (Å²) in [6, 6.07) is 15.9. The zero-order valence-electron chi connectivity index (χ0n) is 16.4. The number of aromatic nitrogens is 1. The third-order valence-corrected chi connectivity index (χ3v) is 5.73. The molecule has 2 amide bonds. The minimum Gasteiger partial charge on any atom is -0.497 e. The minimum atomic E-state index is -0.168. The van der Waals surface area contributed by atoms with E-state index in [2.05, 4.69) is 34.7 Å². The Morgan fingerprint density at radius 1 is 1.07 bits per heavy atom. The van der Waals surface area contributed by atoms with Gasteiger partial charge in [-0.05, 0) is 43.5 Å². The van der Waals surface area contributed by atoms with E-state index in [1.807, 2.05) is 43.3 Å². The van der Waals surface area contributed by atoms with Gasteiger partial charge < -0.3 is 15.4 Å². The third kappa shape index (κ3) is 5.10. The second kappa shape index (κ2) is 9.37. The number of benzene rings is 2. The van der Waals surface area contributed by atoms with Gasteiger partial charge in [0.1, 0.15) is 10.8 Å². The predicted molar refractivity (Wildman–Crippen MR) is 114 cm³/mol. The summed E-state index contributed by atoms with van der Waals surface area (Å²) in [5, 5.41) is 6.82. The van der Waals surface area contributed by atoms with Crippen molar-refractivity contribution in [3.63, 3.8) is 0 Å². The third-order valence-electron chi connectivity index (χ3n) is 4.54. The second-order valence-electron chi connectivity index (χ2n) is 6.55. The number of nitrogens with one attached hydrogen (secondary N) is 2. The summed E-state index contributed by atoms with van der Waals surface area (Å²) in [6.07, 6.45) is 0.772. The summed E-state index contributed by atoms with van der Waals surface area (Å²) in [6.45, 7) is 5.12. The highest BCUT2D eigenvalue weighted by molar-refractivity contribution is 7.15. The van der Waals surface area contributed by atoms with Crippen LogP contribution in [0.5, 0.6) is 5.75 Å². The average Bonchev–Trinajstić information content (AvgIpc) is 3.07. The van der Waals surface area contributed by atoms with Crippen LogP contribution in [0, 0.1) is 13.8 Å². The Labute approximate surface area is 169 Å². The lowest BCUT2D eigenvalue weighted by Crippen LogP contribution is -2.36. The number of ether oxygens (including phenoxy) is 1. The maximum absolute atomic E-state index is 12.1. The standard InChI is InChI=1S/C22H25N3O2S/c1-15-6-4-5-7-19(15)21-25-16(2)20(28-21)14-24-22(26)23-13-12-17-8-10-18(27-3)11-9-17/h4-11H,12-14H2,1-3H3,(H2,23,24,26). The summed E-state index contributed by atoms with van der Waals surface area (Å²) < 4.78 is 5.15. The Hall–Kier alpha value is -2.86. The number of hydrogen-bond donors (Lipinski definition) is 2. The van der Waals surface area contributed by atoms with Crippen molar-refractivity contribution in [1.29, 1.82) is 0 Å². The number of rotatable bonds is 7. The molecule has 6 heteroatoms. The number of amides is 2. The van der Waals surface area contributed by atoms with Crippen LogP contribution in [0.25, 0.3) is 10.6 Å².